The van der Waals surface area contributed by atoms with E-state index in [2.05, 4.69) is 27.3 Å². The maximum Gasteiger partial charge on any atom is 2.00 e. The molecule has 0 atom stereocenters. The van der Waals surface area contributed by atoms with Gasteiger partial charge in [0, 0.05) is 123 Å². The quantitative estimate of drug-likeness (QED) is 0.0257. The number of hydrogen-bond donors (Lipinski definition) is 8. The summed E-state index contributed by atoms with van der Waals surface area (Å²) in [6, 6.07) is 9.60. The van der Waals surface area contributed by atoms with Gasteiger partial charge in [-0.3, -0.25) is 80.9 Å². The second-order valence-electron chi connectivity index (χ2n) is 18.2. The average molecular weight is 1560 g/mol. The molecule has 4 aromatic carbocycles. The minimum atomic E-state index is -1.98. The zero-order chi connectivity index (χ0) is 64.8. The van der Waals surface area contributed by atoms with Crippen LogP contribution < -0.4 is 0 Å². The minimum Gasteiger partial charge on any atom is -0.693 e. The minimum absolute atomic E-state index is 0. The van der Waals surface area contributed by atoms with Crippen LogP contribution in [0.25, 0.3) is 33.6 Å². The van der Waals surface area contributed by atoms with Gasteiger partial charge in [0.15, 0.2) is 18.9 Å². The van der Waals surface area contributed by atoms with E-state index in [1.165, 1.54) is 44.9 Å². The zero-order valence-electron chi connectivity index (χ0n) is 48.8. The van der Waals surface area contributed by atoms with Gasteiger partial charge in [0.25, 0.3) is 45.5 Å². The number of nitro groups is 8. The maximum absolute atomic E-state index is 10.5. The van der Waals surface area contributed by atoms with E-state index in [0.29, 0.717) is 6.07 Å². The molecule has 94 heavy (non-hydrogen) atoms. The van der Waals surface area contributed by atoms with Gasteiger partial charge >= 0.3 is 39.5 Å². The largest absolute Gasteiger partial charge is 2.00 e. The van der Waals surface area contributed by atoms with Crippen LogP contribution >= 0.6 is 0 Å². The van der Waals surface area contributed by atoms with E-state index in [1.54, 1.807) is 5.57 Å². The number of carbonyl (C=O) groups is 1. The number of aliphatic hydroxyl groups excluding tert-OH is 4. The van der Waals surface area contributed by atoms with E-state index in [-0.39, 0.29) is 118 Å². The predicted molar refractivity (Wildman–Crippen MR) is 313 cm³/mol. The van der Waals surface area contributed by atoms with Crippen molar-refractivity contribution >= 4 is 51.5 Å². The van der Waals surface area contributed by atoms with Crippen LogP contribution in [0.1, 0.15) is 90.9 Å². The molecule has 4 aliphatic heterocycles. The molecule has 535 valence electrons. The van der Waals surface area contributed by atoms with Crippen LogP contribution in [0.5, 0.6) is 0 Å². The summed E-state index contributed by atoms with van der Waals surface area (Å²) >= 11 is 0. The average Bonchev–Trinajstić information content (AvgIpc) is 1.21. The Bertz CT molecular complexity index is 2660. The third kappa shape index (κ3) is 36.2. The summed E-state index contributed by atoms with van der Waals surface area (Å²) in [7, 11) is 1.00. The van der Waals surface area contributed by atoms with Crippen molar-refractivity contribution in [1.82, 2.24) is 0 Å². The van der Waals surface area contributed by atoms with Gasteiger partial charge in [-0.15, -0.1) is 58.4 Å². The first-order chi connectivity index (χ1) is 40.6. The summed E-state index contributed by atoms with van der Waals surface area (Å²) in [5.74, 6) is 1.36. The zero-order valence-corrected chi connectivity index (χ0v) is 54.0. The Morgan fingerprint density at radius 2 is 0.628 bits per heavy atom. The van der Waals surface area contributed by atoms with Crippen molar-refractivity contribution in [2.45, 2.75) is 63.8 Å². The molecule has 40 nitrogen and oxygen atoms in total. The Kier molecular flexibility index (Phi) is 56.3. The van der Waals surface area contributed by atoms with Crippen molar-refractivity contribution in [3.63, 3.8) is 0 Å². The van der Waals surface area contributed by atoms with Crippen LogP contribution in [-0.2, 0) is 83.9 Å². The Morgan fingerprint density at radius 1 is 0.404 bits per heavy atom. The van der Waals surface area contributed by atoms with Crippen LogP contribution in [0.4, 0.5) is 45.5 Å². The molecule has 3 saturated heterocycles. The van der Waals surface area contributed by atoms with Crippen molar-refractivity contribution in [3.8, 4) is 0 Å². The smallest absolute Gasteiger partial charge is 0.693 e. The topological polar surface area (TPSA) is 679 Å². The van der Waals surface area contributed by atoms with Crippen LogP contribution in [0.3, 0.4) is 0 Å². The molecule has 3 fully saturated rings. The molecule has 0 aromatic heterocycles. The second-order valence-corrected chi connectivity index (χ2v) is 18.2. The molecule has 4 heterocycles. The molecule has 4 aliphatic rings. The number of carboxylic acid groups (broad SMARTS) is 1. The molecular formula is C49H66Co5N14O26-2. The number of benzene rings is 4. The molecule has 8 rings (SSSR count). The summed E-state index contributed by atoms with van der Waals surface area (Å²) in [5.41, 5.74) is -4.33. The Balaban J connectivity index is -0.000000189. The summed E-state index contributed by atoms with van der Waals surface area (Å²) in [4.78, 5) is 86.5. The number of aromatic carboxylic acids is 1. The van der Waals surface area contributed by atoms with Gasteiger partial charge in [-0.1, -0.05) is 50.5 Å². The first-order valence-corrected chi connectivity index (χ1v) is 25.3. The third-order valence-corrected chi connectivity index (χ3v) is 12.6. The molecule has 0 aliphatic carbocycles. The number of non-ortho nitro benzene ring substituents is 8. The number of rotatable bonds is 14. The number of nitrogens with two attached hydrogens (primary N) is 2. The van der Waals surface area contributed by atoms with Crippen molar-refractivity contribution in [2.75, 3.05) is 59.5 Å². The molecule has 0 bridgehead atoms. The number of hydrogen-bond acceptors (Lipinski definition) is 24. The Labute approximate surface area is 584 Å². The van der Waals surface area contributed by atoms with Crippen molar-refractivity contribution in [1.29, 1.82) is 0 Å². The Hall–Kier alpha value is -6.74. The molecule has 0 saturated carbocycles. The fourth-order valence-corrected chi connectivity index (χ4v) is 8.42. The number of nitrogens with zero attached hydrogens (tertiary/aromatic N) is 12. The second kappa shape index (κ2) is 52.5. The summed E-state index contributed by atoms with van der Waals surface area (Å²) in [6.07, 6.45) is 5.57. The van der Waals surface area contributed by atoms with Crippen LogP contribution in [0.15, 0.2) is 84.4 Å². The van der Waals surface area contributed by atoms with Crippen molar-refractivity contribution < 1.29 is 174 Å². The monoisotopic (exact) mass is 1560 g/mol. The predicted octanol–water partition coefficient (Wildman–Crippen LogP) is 7.89. The molecule has 45 heteroatoms. The molecule has 0 unspecified atom stereocenters. The van der Waals surface area contributed by atoms with Gasteiger partial charge in [-0.2, -0.15) is 0 Å². The van der Waals surface area contributed by atoms with E-state index >= 15 is 0 Å². The van der Waals surface area contributed by atoms with Crippen LogP contribution in [0, 0.1) is 98.7 Å². The van der Waals surface area contributed by atoms with E-state index in [0.717, 1.165) is 144 Å². The number of piperidine rings is 3. The Morgan fingerprint density at radius 3 is 0.819 bits per heavy atom. The number of nitro benzene ring substituents is 8. The van der Waals surface area contributed by atoms with E-state index in [9.17, 15) is 85.7 Å². The number of aliphatic hydroxyl groups is 7. The molecule has 14 N–H and O–H groups in total. The van der Waals surface area contributed by atoms with E-state index < -0.39 is 115 Å². The van der Waals surface area contributed by atoms with Gasteiger partial charge in [0.05, 0.1) is 69.2 Å². The van der Waals surface area contributed by atoms with Gasteiger partial charge in [0.2, 0.25) is 0 Å². The summed E-state index contributed by atoms with van der Waals surface area (Å²) < 4.78 is 0. The SMILES string of the molecule is C1=C(C2CC[N-]CC2)CC[N-]C1.C1CC(C2CC[N-]CC2)CC[N-]1.CO.O.O=C(O)c1cc([N+](=O)[O-])cc([N+](=O)[O-])c1.O=[N+]([O-])c1cc(C(O)O)cc([N+](=O)[O-])c1.O=[N+]([O-])c1cc(C(O)O)cc([N+](=O)[O-])c1.O=[N+]([O-])c1cc(C(O)O)cc([N+](=O)[O-])c1.[Co+2].[Co+2].[Co].[Co].[Co].[NH2-].[NH2-]. The van der Waals surface area contributed by atoms with Crippen LogP contribution in [0.2, 0.25) is 0 Å². The molecule has 4 aromatic rings. The van der Waals surface area contributed by atoms with Gasteiger partial charge in [0.1, 0.15) is 0 Å². The van der Waals surface area contributed by atoms with Crippen molar-refractivity contribution in [2.24, 2.45) is 17.8 Å². The fourth-order valence-electron chi connectivity index (χ4n) is 8.42. The standard InChI is InChI=1S/C10H18N2.C10H16N2.3C7H6N2O6.C7H4N2O6.CH4O.5Co.2H2N.H2O/c2*1-5-11-6-2-9(1)10-3-7-12-8-4-10;4*10-7(11)4-1-5(8(12)13)3-6(2-4)9(14)15;1-2;;;;;;;;/h9-10H,1-8H2;1,10H,2-8H2;3*1-3,7,10-11H;1-3H,(H,10,11);2H,1H3;;;;;;3*1H2/q2*-2;;;;;;;;;2*+2;2*-1;. The third-order valence-electron chi connectivity index (χ3n) is 12.6. The molecule has 0 spiro atoms. The molecule has 0 amide bonds. The molecule has 5 radical (unpaired) electrons. The first-order valence-electron chi connectivity index (χ1n) is 25.3. The normalized spacial score (nSPS) is 13.7. The van der Waals surface area contributed by atoms with Gasteiger partial charge in [-0.25, -0.2) is 4.79 Å². The van der Waals surface area contributed by atoms with Gasteiger partial charge < -0.3 is 79.9 Å². The number of carboxylic acids is 1. The fraction of sp³-hybridized carbons (Fsp3) is 0.449. The molecular weight excluding hydrogens is 1500 g/mol. The first kappa shape index (κ1) is 101. The summed E-state index contributed by atoms with van der Waals surface area (Å²) in [6.45, 7) is 8.67. The van der Waals surface area contributed by atoms with E-state index in [1.807, 2.05) is 0 Å². The van der Waals surface area contributed by atoms with Gasteiger partial charge in [-0.05, 0) is 17.8 Å². The van der Waals surface area contributed by atoms with Crippen molar-refractivity contribution in [3.05, 3.63) is 221 Å². The van der Waals surface area contributed by atoms with Crippen LogP contribution in [-0.4, -0.2) is 151 Å². The maximum atomic E-state index is 10.5. The summed E-state index contributed by atoms with van der Waals surface area (Å²) in [5, 5.41) is 168. The van der Waals surface area contributed by atoms with E-state index in [4.69, 9.17) is 40.9 Å².